The van der Waals surface area contributed by atoms with Crippen LogP contribution in [0.15, 0.2) is 23.3 Å². The summed E-state index contributed by atoms with van der Waals surface area (Å²) >= 11 is 0. The molecule has 1 aromatic rings. The van der Waals surface area contributed by atoms with Crippen molar-refractivity contribution in [1.29, 1.82) is 5.41 Å². The lowest BCUT2D eigenvalue weighted by atomic mass is 10.2. The van der Waals surface area contributed by atoms with Gasteiger partial charge in [0.1, 0.15) is 0 Å². The third-order valence-electron chi connectivity index (χ3n) is 1.23. The maximum atomic E-state index is 10.9. The molecule has 0 aliphatic heterocycles. The molecule has 2 N–H and O–H groups in total. The van der Waals surface area contributed by atoms with Gasteiger partial charge in [-0.25, -0.2) is 0 Å². The van der Waals surface area contributed by atoms with E-state index in [1.165, 1.54) is 12.3 Å². The Hall–Kier alpha value is -1.38. The second kappa shape index (κ2) is 2.47. The van der Waals surface area contributed by atoms with E-state index in [2.05, 4.69) is 4.98 Å². The molecule has 0 saturated carbocycles. The van der Waals surface area contributed by atoms with Crippen LogP contribution in [0, 0.1) is 5.41 Å². The highest BCUT2D eigenvalue weighted by molar-refractivity contribution is 5.95. The van der Waals surface area contributed by atoms with Crippen molar-refractivity contribution in [3.63, 3.8) is 0 Å². The minimum atomic E-state index is -0.105. The van der Waals surface area contributed by atoms with E-state index in [0.29, 0.717) is 11.3 Å². The fourth-order valence-electron chi connectivity index (χ4n) is 0.709. The minimum absolute atomic E-state index is 0.105. The van der Waals surface area contributed by atoms with Gasteiger partial charge in [-0.15, -0.1) is 0 Å². The summed E-state index contributed by atoms with van der Waals surface area (Å²) in [5.74, 6) is 0. The van der Waals surface area contributed by atoms with E-state index in [1.54, 1.807) is 13.1 Å². The molecular weight excluding hydrogens is 128 g/mol. The fourth-order valence-corrected chi connectivity index (χ4v) is 0.709. The van der Waals surface area contributed by atoms with E-state index in [-0.39, 0.29) is 5.43 Å². The van der Waals surface area contributed by atoms with Gasteiger partial charge in [0.05, 0.1) is 5.56 Å². The third kappa shape index (κ3) is 1.13. The summed E-state index contributed by atoms with van der Waals surface area (Å²) in [5, 5.41) is 7.16. The predicted octanol–water partition coefficient (Wildman–Crippen LogP) is 0.763. The molecule has 0 fully saturated rings. The Bertz CT molecular complexity index is 300. The summed E-state index contributed by atoms with van der Waals surface area (Å²) in [4.78, 5) is 13.6. The Morgan fingerprint density at radius 1 is 1.70 bits per heavy atom. The van der Waals surface area contributed by atoms with Gasteiger partial charge in [0, 0.05) is 24.2 Å². The van der Waals surface area contributed by atoms with Gasteiger partial charge in [-0.1, -0.05) is 0 Å². The van der Waals surface area contributed by atoms with Gasteiger partial charge < -0.3 is 10.4 Å². The molecule has 0 radical (unpaired) electrons. The molecule has 1 heterocycles. The molecule has 1 aromatic heterocycles. The molecule has 0 spiro atoms. The standard InChI is InChI=1S/C7H8N2O/c1-5(8)6-4-9-3-2-7(6)10/h2-4,8H,1H3,(H,9,10). The Morgan fingerprint density at radius 2 is 2.40 bits per heavy atom. The summed E-state index contributed by atoms with van der Waals surface area (Å²) in [6.45, 7) is 1.59. The quantitative estimate of drug-likeness (QED) is 0.550. The molecular formula is C7H8N2O. The van der Waals surface area contributed by atoms with Crippen LogP contribution in [-0.2, 0) is 0 Å². The van der Waals surface area contributed by atoms with Crippen LogP contribution in [0.3, 0.4) is 0 Å². The zero-order valence-corrected chi connectivity index (χ0v) is 5.64. The van der Waals surface area contributed by atoms with Crippen molar-refractivity contribution >= 4 is 5.71 Å². The highest BCUT2D eigenvalue weighted by Gasteiger charge is 1.97. The molecule has 3 heteroatoms. The van der Waals surface area contributed by atoms with E-state index >= 15 is 0 Å². The Labute approximate surface area is 58.2 Å². The number of H-pyrrole nitrogens is 1. The molecule has 0 aliphatic rings. The van der Waals surface area contributed by atoms with Gasteiger partial charge >= 0.3 is 0 Å². The van der Waals surface area contributed by atoms with Crippen LogP contribution in [-0.4, -0.2) is 10.7 Å². The second-order valence-electron chi connectivity index (χ2n) is 2.05. The largest absolute Gasteiger partial charge is 0.367 e. The third-order valence-corrected chi connectivity index (χ3v) is 1.23. The zero-order valence-electron chi connectivity index (χ0n) is 5.64. The molecule has 10 heavy (non-hydrogen) atoms. The lowest BCUT2D eigenvalue weighted by Crippen LogP contribution is -2.10. The van der Waals surface area contributed by atoms with Crippen molar-refractivity contribution in [3.8, 4) is 0 Å². The Morgan fingerprint density at radius 3 is 2.80 bits per heavy atom. The first-order valence-corrected chi connectivity index (χ1v) is 2.94. The van der Waals surface area contributed by atoms with Gasteiger partial charge in [0.2, 0.25) is 0 Å². The lowest BCUT2D eigenvalue weighted by Gasteiger charge is -1.92. The normalized spacial score (nSPS) is 9.30. The number of pyridine rings is 1. The van der Waals surface area contributed by atoms with E-state index in [4.69, 9.17) is 5.41 Å². The second-order valence-corrected chi connectivity index (χ2v) is 2.05. The van der Waals surface area contributed by atoms with Crippen LogP contribution >= 0.6 is 0 Å². The molecule has 52 valence electrons. The van der Waals surface area contributed by atoms with Gasteiger partial charge in [0.25, 0.3) is 0 Å². The number of hydrogen-bond acceptors (Lipinski definition) is 2. The molecule has 0 atom stereocenters. The molecule has 0 aliphatic carbocycles. The van der Waals surface area contributed by atoms with E-state index in [0.717, 1.165) is 0 Å². The average molecular weight is 136 g/mol. The van der Waals surface area contributed by atoms with Gasteiger partial charge in [-0.05, 0) is 6.92 Å². The summed E-state index contributed by atoms with van der Waals surface area (Å²) in [5.41, 5.74) is 0.621. The van der Waals surface area contributed by atoms with Crippen LogP contribution < -0.4 is 5.43 Å². The van der Waals surface area contributed by atoms with Crippen molar-refractivity contribution in [3.05, 3.63) is 34.2 Å². The smallest absolute Gasteiger partial charge is 0.190 e. The summed E-state index contributed by atoms with van der Waals surface area (Å²) < 4.78 is 0. The maximum Gasteiger partial charge on any atom is 0.190 e. The molecule has 0 bridgehead atoms. The van der Waals surface area contributed by atoms with Crippen molar-refractivity contribution < 1.29 is 0 Å². The fraction of sp³-hybridized carbons (Fsp3) is 0.143. The number of nitrogens with one attached hydrogen (secondary N) is 2. The number of aromatic nitrogens is 1. The van der Waals surface area contributed by atoms with E-state index < -0.39 is 0 Å². The summed E-state index contributed by atoms with van der Waals surface area (Å²) in [7, 11) is 0. The predicted molar refractivity (Wildman–Crippen MR) is 39.6 cm³/mol. The van der Waals surface area contributed by atoms with Crippen LogP contribution in [0.4, 0.5) is 0 Å². The average Bonchev–Trinajstić information content (AvgIpc) is 1.88. The first kappa shape index (κ1) is 6.74. The Balaban J connectivity index is 3.29. The number of rotatable bonds is 1. The molecule has 0 unspecified atom stereocenters. The number of hydrogen-bond donors (Lipinski definition) is 2. The maximum absolute atomic E-state index is 10.9. The van der Waals surface area contributed by atoms with Crippen molar-refractivity contribution in [2.24, 2.45) is 0 Å². The van der Waals surface area contributed by atoms with Crippen LogP contribution in [0.5, 0.6) is 0 Å². The topological polar surface area (TPSA) is 56.7 Å². The van der Waals surface area contributed by atoms with Crippen LogP contribution in [0.25, 0.3) is 0 Å². The highest BCUT2D eigenvalue weighted by Crippen LogP contribution is 1.87. The van der Waals surface area contributed by atoms with Gasteiger partial charge in [0.15, 0.2) is 5.43 Å². The van der Waals surface area contributed by atoms with E-state index in [1.807, 2.05) is 0 Å². The zero-order chi connectivity index (χ0) is 7.56. The van der Waals surface area contributed by atoms with Crippen LogP contribution in [0.1, 0.15) is 12.5 Å². The monoisotopic (exact) mass is 136 g/mol. The minimum Gasteiger partial charge on any atom is -0.367 e. The van der Waals surface area contributed by atoms with E-state index in [9.17, 15) is 4.79 Å². The highest BCUT2D eigenvalue weighted by atomic mass is 16.1. The number of aromatic amines is 1. The van der Waals surface area contributed by atoms with Crippen molar-refractivity contribution in [1.82, 2.24) is 4.98 Å². The summed E-state index contributed by atoms with van der Waals surface area (Å²) in [6.07, 6.45) is 3.08. The molecule has 0 amide bonds. The molecule has 0 aromatic carbocycles. The first-order valence-electron chi connectivity index (χ1n) is 2.94. The summed E-state index contributed by atoms with van der Waals surface area (Å²) in [6, 6.07) is 1.41. The lowest BCUT2D eigenvalue weighted by molar-refractivity contribution is 1.27. The molecule has 0 saturated heterocycles. The first-order chi connectivity index (χ1) is 4.72. The van der Waals surface area contributed by atoms with Crippen molar-refractivity contribution in [2.75, 3.05) is 0 Å². The van der Waals surface area contributed by atoms with Gasteiger partial charge in [-0.3, -0.25) is 4.79 Å². The Kier molecular flexibility index (Phi) is 1.67. The molecule has 1 rings (SSSR count). The van der Waals surface area contributed by atoms with Gasteiger partial charge in [-0.2, -0.15) is 0 Å². The van der Waals surface area contributed by atoms with Crippen molar-refractivity contribution in [2.45, 2.75) is 6.92 Å². The molecule has 3 nitrogen and oxygen atoms in total. The van der Waals surface area contributed by atoms with Crippen LogP contribution in [0.2, 0.25) is 0 Å². The SMILES string of the molecule is CC(=N)c1c[nH]ccc1=O.